The van der Waals surface area contributed by atoms with Gasteiger partial charge in [0.2, 0.25) is 0 Å². The van der Waals surface area contributed by atoms with Crippen molar-refractivity contribution in [2.45, 2.75) is 39.2 Å². The first-order chi connectivity index (χ1) is 5.38. The third kappa shape index (κ3) is 2.11. The van der Waals surface area contributed by atoms with E-state index < -0.39 is 0 Å². The fourth-order valence-electron chi connectivity index (χ4n) is 1.41. The molecule has 1 aromatic heterocycles. The Kier molecular flexibility index (Phi) is 3.21. The predicted octanol–water partition coefficient (Wildman–Crippen LogP) is 3.04. The molecule has 0 amide bonds. The van der Waals surface area contributed by atoms with Crippen LogP contribution in [0.2, 0.25) is 0 Å². The Bertz CT molecular complexity index is 177. The smallest absolute Gasteiger partial charge is 0.0650 e. The van der Waals surface area contributed by atoms with E-state index in [9.17, 15) is 0 Å². The largest absolute Gasteiger partial charge is 0.343 e. The van der Waals surface area contributed by atoms with E-state index >= 15 is 0 Å². The van der Waals surface area contributed by atoms with Gasteiger partial charge in [-0.05, 0) is 25.0 Å². The van der Waals surface area contributed by atoms with Crippen LogP contribution in [0.1, 0.15) is 39.2 Å². The van der Waals surface area contributed by atoms with Gasteiger partial charge in [0.15, 0.2) is 0 Å². The molecule has 1 rings (SSSR count). The maximum absolute atomic E-state index is 3.19. The molecule has 1 radical (unpaired) electrons. The van der Waals surface area contributed by atoms with E-state index in [4.69, 9.17) is 0 Å². The molecule has 1 atom stereocenters. The number of hydrogen-bond donors (Lipinski definition) is 0. The Hall–Kier alpha value is -0.720. The van der Waals surface area contributed by atoms with Crippen molar-refractivity contribution in [2.24, 2.45) is 0 Å². The predicted molar refractivity (Wildman–Crippen MR) is 47.5 cm³/mol. The monoisotopic (exact) mass is 150 g/mol. The number of aromatic nitrogens is 1. The maximum Gasteiger partial charge on any atom is 0.0650 e. The van der Waals surface area contributed by atoms with Crippen LogP contribution in [0.25, 0.3) is 0 Å². The first-order valence-corrected chi connectivity index (χ1v) is 4.43. The third-order valence-electron chi connectivity index (χ3n) is 2.05. The molecule has 0 aliphatic carbocycles. The van der Waals surface area contributed by atoms with Crippen LogP contribution in [0.3, 0.4) is 0 Å². The van der Waals surface area contributed by atoms with Crippen molar-refractivity contribution in [3.05, 3.63) is 24.5 Å². The van der Waals surface area contributed by atoms with E-state index in [0.29, 0.717) is 6.04 Å². The minimum atomic E-state index is 0.662. The molecule has 61 valence electrons. The molecule has 1 unspecified atom stereocenters. The SMILES string of the molecule is CCCC(CC)n1[c]ccc1. The van der Waals surface area contributed by atoms with Gasteiger partial charge in [-0.1, -0.05) is 20.3 Å². The first-order valence-electron chi connectivity index (χ1n) is 4.43. The van der Waals surface area contributed by atoms with E-state index in [1.54, 1.807) is 0 Å². The van der Waals surface area contributed by atoms with Gasteiger partial charge < -0.3 is 4.57 Å². The highest BCUT2D eigenvalue weighted by atomic mass is 15.0. The Morgan fingerprint density at radius 1 is 1.45 bits per heavy atom. The second kappa shape index (κ2) is 4.22. The molecule has 1 heterocycles. The van der Waals surface area contributed by atoms with Crippen molar-refractivity contribution in [1.82, 2.24) is 4.57 Å². The molecule has 1 heteroatoms. The van der Waals surface area contributed by atoms with Crippen molar-refractivity contribution in [1.29, 1.82) is 0 Å². The molecule has 0 aliphatic heterocycles. The zero-order valence-corrected chi connectivity index (χ0v) is 7.38. The molecule has 0 saturated heterocycles. The van der Waals surface area contributed by atoms with E-state index in [0.717, 1.165) is 0 Å². The van der Waals surface area contributed by atoms with Gasteiger partial charge >= 0.3 is 0 Å². The van der Waals surface area contributed by atoms with Gasteiger partial charge in [-0.15, -0.1) is 0 Å². The standard InChI is InChI=1S/C10H16N/c1-3-7-10(4-2)11-8-5-6-9-11/h5-6,8,10H,3-4,7H2,1-2H3. The molecular weight excluding hydrogens is 134 g/mol. The normalized spacial score (nSPS) is 13.3. The van der Waals surface area contributed by atoms with E-state index in [2.05, 4.69) is 30.8 Å². The van der Waals surface area contributed by atoms with Crippen LogP contribution in [0.5, 0.6) is 0 Å². The zero-order valence-electron chi connectivity index (χ0n) is 7.38. The van der Waals surface area contributed by atoms with Crippen LogP contribution in [0.15, 0.2) is 18.3 Å². The van der Waals surface area contributed by atoms with Crippen LogP contribution in [-0.4, -0.2) is 4.57 Å². The molecule has 1 nitrogen and oxygen atoms in total. The van der Waals surface area contributed by atoms with Gasteiger partial charge in [0.1, 0.15) is 0 Å². The molecule has 0 N–H and O–H groups in total. The lowest BCUT2D eigenvalue weighted by Gasteiger charge is -2.14. The zero-order chi connectivity index (χ0) is 8.10. The number of rotatable bonds is 4. The number of hydrogen-bond acceptors (Lipinski definition) is 0. The van der Waals surface area contributed by atoms with Crippen LogP contribution in [0.4, 0.5) is 0 Å². The second-order valence-corrected chi connectivity index (χ2v) is 2.90. The molecule has 1 aromatic rings. The summed E-state index contributed by atoms with van der Waals surface area (Å²) >= 11 is 0. The highest BCUT2D eigenvalue weighted by molar-refractivity contribution is 4.91. The average Bonchev–Trinajstić information content (AvgIpc) is 2.52. The van der Waals surface area contributed by atoms with Crippen LogP contribution >= 0.6 is 0 Å². The molecule has 0 bridgehead atoms. The lowest BCUT2D eigenvalue weighted by molar-refractivity contribution is 0.447. The van der Waals surface area contributed by atoms with E-state index in [1.807, 2.05) is 12.1 Å². The van der Waals surface area contributed by atoms with Gasteiger partial charge in [-0.25, -0.2) is 0 Å². The van der Waals surface area contributed by atoms with Crippen LogP contribution in [-0.2, 0) is 0 Å². The first kappa shape index (κ1) is 8.38. The summed E-state index contributed by atoms with van der Waals surface area (Å²) in [5.74, 6) is 0. The Balaban J connectivity index is 2.56. The summed E-state index contributed by atoms with van der Waals surface area (Å²) in [6.07, 6.45) is 9.02. The molecule has 0 saturated carbocycles. The Labute approximate surface area is 69.0 Å². The maximum atomic E-state index is 3.19. The summed E-state index contributed by atoms with van der Waals surface area (Å²) in [4.78, 5) is 0. The van der Waals surface area contributed by atoms with Crippen LogP contribution in [0, 0.1) is 6.20 Å². The van der Waals surface area contributed by atoms with Crippen molar-refractivity contribution in [2.75, 3.05) is 0 Å². The minimum Gasteiger partial charge on any atom is -0.343 e. The Morgan fingerprint density at radius 3 is 2.73 bits per heavy atom. The summed E-state index contributed by atoms with van der Waals surface area (Å²) in [7, 11) is 0. The van der Waals surface area contributed by atoms with Gasteiger partial charge in [0, 0.05) is 12.2 Å². The lowest BCUT2D eigenvalue weighted by atomic mass is 10.1. The van der Waals surface area contributed by atoms with E-state index in [-0.39, 0.29) is 0 Å². The fourth-order valence-corrected chi connectivity index (χ4v) is 1.41. The highest BCUT2D eigenvalue weighted by Gasteiger charge is 2.04. The molecule has 0 aromatic carbocycles. The summed E-state index contributed by atoms with van der Waals surface area (Å²) in [5.41, 5.74) is 0. The quantitative estimate of drug-likeness (QED) is 0.621. The molecule has 0 aliphatic rings. The van der Waals surface area contributed by atoms with Crippen molar-refractivity contribution < 1.29 is 0 Å². The Morgan fingerprint density at radius 2 is 2.27 bits per heavy atom. The molecule has 0 fully saturated rings. The summed E-state index contributed by atoms with van der Waals surface area (Å²) < 4.78 is 2.18. The second-order valence-electron chi connectivity index (χ2n) is 2.90. The lowest BCUT2D eigenvalue weighted by Crippen LogP contribution is -2.04. The van der Waals surface area contributed by atoms with Crippen molar-refractivity contribution >= 4 is 0 Å². The highest BCUT2D eigenvalue weighted by Crippen LogP contribution is 2.16. The fraction of sp³-hybridized carbons (Fsp3) is 0.600. The topological polar surface area (TPSA) is 4.93 Å². The van der Waals surface area contributed by atoms with Crippen molar-refractivity contribution in [3.63, 3.8) is 0 Å². The minimum absolute atomic E-state index is 0.662. The van der Waals surface area contributed by atoms with Crippen molar-refractivity contribution in [3.8, 4) is 0 Å². The molecular formula is C10H16N. The van der Waals surface area contributed by atoms with Gasteiger partial charge in [-0.2, -0.15) is 0 Å². The molecule has 0 spiro atoms. The average molecular weight is 150 g/mol. The summed E-state index contributed by atoms with van der Waals surface area (Å²) in [6.45, 7) is 4.46. The van der Waals surface area contributed by atoms with Gasteiger partial charge in [0.05, 0.1) is 6.20 Å². The molecule has 11 heavy (non-hydrogen) atoms. The van der Waals surface area contributed by atoms with E-state index in [1.165, 1.54) is 19.3 Å². The number of nitrogens with zero attached hydrogens (tertiary/aromatic N) is 1. The third-order valence-corrected chi connectivity index (χ3v) is 2.05. The van der Waals surface area contributed by atoms with Gasteiger partial charge in [-0.3, -0.25) is 0 Å². The van der Waals surface area contributed by atoms with Crippen LogP contribution < -0.4 is 0 Å². The van der Waals surface area contributed by atoms with Gasteiger partial charge in [0.25, 0.3) is 0 Å². The summed E-state index contributed by atoms with van der Waals surface area (Å²) in [5, 5.41) is 0. The summed E-state index contributed by atoms with van der Waals surface area (Å²) in [6, 6.07) is 4.67.